The van der Waals surface area contributed by atoms with Crippen LogP contribution in [0.2, 0.25) is 0 Å². The van der Waals surface area contributed by atoms with E-state index < -0.39 is 22.1 Å². The van der Waals surface area contributed by atoms with Gasteiger partial charge in [0.1, 0.15) is 0 Å². The zero-order chi connectivity index (χ0) is 16.9. The van der Waals surface area contributed by atoms with Gasteiger partial charge >= 0.3 is 0 Å². The van der Waals surface area contributed by atoms with Gasteiger partial charge in [0.15, 0.2) is 11.6 Å². The molecule has 2 rings (SSSR count). The van der Waals surface area contributed by atoms with Crippen molar-refractivity contribution in [3.8, 4) is 5.75 Å². The van der Waals surface area contributed by atoms with Crippen molar-refractivity contribution in [2.45, 2.75) is 45.6 Å². The fourth-order valence-corrected chi connectivity index (χ4v) is 4.18. The van der Waals surface area contributed by atoms with E-state index in [4.69, 9.17) is 4.74 Å². The van der Waals surface area contributed by atoms with Crippen molar-refractivity contribution in [1.29, 1.82) is 0 Å². The van der Waals surface area contributed by atoms with Crippen LogP contribution >= 0.6 is 0 Å². The highest BCUT2D eigenvalue weighted by Crippen LogP contribution is 2.23. The minimum Gasteiger partial charge on any atom is -0.491 e. The number of ether oxygens (including phenoxy) is 1. The highest BCUT2D eigenvalue weighted by atomic mass is 32.2. The van der Waals surface area contributed by atoms with Crippen molar-refractivity contribution in [3.05, 3.63) is 29.6 Å². The molecule has 1 aliphatic rings. The van der Waals surface area contributed by atoms with Gasteiger partial charge in [-0.05, 0) is 44.4 Å². The topological polar surface area (TPSA) is 58.6 Å². The average molecular weight is 344 g/mol. The van der Waals surface area contributed by atoms with E-state index in [1.807, 2.05) is 0 Å². The molecule has 1 aromatic carbocycles. The quantitative estimate of drug-likeness (QED) is 0.863. The molecule has 1 heterocycles. The van der Waals surface area contributed by atoms with Gasteiger partial charge < -0.3 is 4.74 Å². The summed E-state index contributed by atoms with van der Waals surface area (Å²) in [5.74, 6) is -0.302. The first-order valence-corrected chi connectivity index (χ1v) is 9.57. The molecule has 0 amide bonds. The van der Waals surface area contributed by atoms with Crippen molar-refractivity contribution < 1.29 is 17.5 Å². The van der Waals surface area contributed by atoms with Gasteiger partial charge in [0.05, 0.1) is 6.61 Å². The SMILES string of the molecule is CCOc1ccc(C(C)NS(=O)(=O)N2CCCCCC2)cc1F. The number of benzene rings is 1. The Hall–Kier alpha value is -1.18. The molecule has 0 aliphatic carbocycles. The number of nitrogens with zero attached hydrogens (tertiary/aromatic N) is 1. The maximum Gasteiger partial charge on any atom is 0.279 e. The smallest absolute Gasteiger partial charge is 0.279 e. The monoisotopic (exact) mass is 344 g/mol. The van der Waals surface area contributed by atoms with Crippen molar-refractivity contribution in [2.24, 2.45) is 0 Å². The second-order valence-corrected chi connectivity index (χ2v) is 7.48. The first kappa shape index (κ1) is 18.2. The Morgan fingerprint density at radius 2 is 1.91 bits per heavy atom. The molecule has 23 heavy (non-hydrogen) atoms. The third-order valence-corrected chi connectivity index (χ3v) is 5.68. The van der Waals surface area contributed by atoms with E-state index in [1.54, 1.807) is 19.9 Å². The van der Waals surface area contributed by atoms with E-state index in [2.05, 4.69) is 4.72 Å². The van der Waals surface area contributed by atoms with Crippen molar-refractivity contribution in [2.75, 3.05) is 19.7 Å². The van der Waals surface area contributed by atoms with Gasteiger partial charge in [-0.1, -0.05) is 18.9 Å². The number of halogens is 1. The number of rotatable bonds is 6. The Bertz CT molecular complexity index is 614. The highest BCUT2D eigenvalue weighted by molar-refractivity contribution is 7.87. The maximum absolute atomic E-state index is 13.9. The maximum atomic E-state index is 13.9. The average Bonchev–Trinajstić information content (AvgIpc) is 2.78. The fraction of sp³-hybridized carbons (Fsp3) is 0.625. The van der Waals surface area contributed by atoms with Crippen LogP contribution in [0.3, 0.4) is 0 Å². The Balaban J connectivity index is 2.08. The summed E-state index contributed by atoms with van der Waals surface area (Å²) in [6.07, 6.45) is 3.89. The molecule has 1 saturated heterocycles. The van der Waals surface area contributed by atoms with Crippen LogP contribution in [0.5, 0.6) is 5.75 Å². The van der Waals surface area contributed by atoms with E-state index in [-0.39, 0.29) is 5.75 Å². The van der Waals surface area contributed by atoms with Crippen LogP contribution in [0.4, 0.5) is 4.39 Å². The van der Waals surface area contributed by atoms with Crippen LogP contribution in [0.1, 0.15) is 51.1 Å². The van der Waals surface area contributed by atoms with Gasteiger partial charge in [-0.3, -0.25) is 0 Å². The lowest BCUT2D eigenvalue weighted by atomic mass is 10.1. The predicted molar refractivity (Wildman–Crippen MR) is 88.1 cm³/mol. The fourth-order valence-electron chi connectivity index (χ4n) is 2.71. The lowest BCUT2D eigenvalue weighted by molar-refractivity contribution is 0.321. The predicted octanol–water partition coefficient (Wildman–Crippen LogP) is 3.00. The lowest BCUT2D eigenvalue weighted by Crippen LogP contribution is -2.42. The van der Waals surface area contributed by atoms with E-state index in [1.165, 1.54) is 16.4 Å². The van der Waals surface area contributed by atoms with Gasteiger partial charge in [0.25, 0.3) is 10.2 Å². The highest BCUT2D eigenvalue weighted by Gasteiger charge is 2.25. The van der Waals surface area contributed by atoms with Crippen LogP contribution in [0, 0.1) is 5.82 Å². The molecule has 1 fully saturated rings. The van der Waals surface area contributed by atoms with Gasteiger partial charge in [-0.15, -0.1) is 0 Å². The molecule has 0 saturated carbocycles. The second kappa shape index (κ2) is 8.08. The molecule has 5 nitrogen and oxygen atoms in total. The summed E-state index contributed by atoms with van der Waals surface area (Å²) in [6.45, 7) is 4.96. The van der Waals surface area contributed by atoms with Gasteiger partial charge in [0.2, 0.25) is 0 Å². The van der Waals surface area contributed by atoms with Crippen LogP contribution < -0.4 is 9.46 Å². The molecule has 130 valence electrons. The summed E-state index contributed by atoms with van der Waals surface area (Å²) in [7, 11) is -3.56. The summed E-state index contributed by atoms with van der Waals surface area (Å²) in [5, 5.41) is 0. The number of nitrogens with one attached hydrogen (secondary N) is 1. The molecule has 1 aliphatic heterocycles. The molecule has 1 N–H and O–H groups in total. The van der Waals surface area contributed by atoms with Crippen LogP contribution in [-0.2, 0) is 10.2 Å². The van der Waals surface area contributed by atoms with E-state index in [9.17, 15) is 12.8 Å². The van der Waals surface area contributed by atoms with Crippen molar-refractivity contribution in [1.82, 2.24) is 9.03 Å². The minimum atomic E-state index is -3.56. The molecule has 0 radical (unpaired) electrons. The van der Waals surface area contributed by atoms with E-state index >= 15 is 0 Å². The summed E-state index contributed by atoms with van der Waals surface area (Å²) in [4.78, 5) is 0. The number of hydrogen-bond donors (Lipinski definition) is 1. The third-order valence-electron chi connectivity index (χ3n) is 3.99. The van der Waals surface area contributed by atoms with E-state index in [0.717, 1.165) is 25.7 Å². The Morgan fingerprint density at radius 1 is 1.26 bits per heavy atom. The molecular weight excluding hydrogens is 319 g/mol. The largest absolute Gasteiger partial charge is 0.491 e. The van der Waals surface area contributed by atoms with Gasteiger partial charge in [-0.2, -0.15) is 17.4 Å². The Kier molecular flexibility index (Phi) is 6.38. The first-order chi connectivity index (χ1) is 10.9. The van der Waals surface area contributed by atoms with Crippen molar-refractivity contribution >= 4 is 10.2 Å². The molecule has 0 bridgehead atoms. The van der Waals surface area contributed by atoms with Gasteiger partial charge in [0, 0.05) is 19.1 Å². The number of hydrogen-bond acceptors (Lipinski definition) is 3. The minimum absolute atomic E-state index is 0.179. The summed E-state index contributed by atoms with van der Waals surface area (Å²) in [5.41, 5.74) is 0.573. The summed E-state index contributed by atoms with van der Waals surface area (Å²) < 4.78 is 48.2. The second-order valence-electron chi connectivity index (χ2n) is 5.78. The van der Waals surface area contributed by atoms with Crippen LogP contribution in [0.15, 0.2) is 18.2 Å². The Labute approximate surface area is 138 Å². The first-order valence-electron chi connectivity index (χ1n) is 8.13. The molecule has 1 aromatic rings. The molecule has 0 aromatic heterocycles. The lowest BCUT2D eigenvalue weighted by Gasteiger charge is -2.23. The Morgan fingerprint density at radius 3 is 2.48 bits per heavy atom. The zero-order valence-corrected chi connectivity index (χ0v) is 14.5. The molecule has 7 heteroatoms. The van der Waals surface area contributed by atoms with Crippen LogP contribution in [-0.4, -0.2) is 32.4 Å². The van der Waals surface area contributed by atoms with Crippen LogP contribution in [0.25, 0.3) is 0 Å². The summed E-state index contributed by atoms with van der Waals surface area (Å²) >= 11 is 0. The molecule has 0 spiro atoms. The van der Waals surface area contributed by atoms with Crippen molar-refractivity contribution in [3.63, 3.8) is 0 Å². The normalized spacial score (nSPS) is 18.4. The molecular formula is C16H25FN2O3S. The standard InChI is InChI=1S/C16H25FN2O3S/c1-3-22-16-9-8-14(12-15(16)17)13(2)18-23(20,21)19-10-6-4-5-7-11-19/h8-9,12-13,18H,3-7,10-11H2,1-2H3. The zero-order valence-electron chi connectivity index (χ0n) is 13.7. The van der Waals surface area contributed by atoms with Gasteiger partial charge in [-0.25, -0.2) is 4.39 Å². The molecule has 1 atom stereocenters. The molecule has 1 unspecified atom stereocenters. The third kappa shape index (κ3) is 4.89. The summed E-state index contributed by atoms with van der Waals surface area (Å²) in [6, 6.07) is 4.03. The van der Waals surface area contributed by atoms with E-state index in [0.29, 0.717) is 25.3 Å².